The van der Waals surface area contributed by atoms with Crippen LogP contribution >= 0.6 is 0 Å². The van der Waals surface area contributed by atoms with Gasteiger partial charge in [0.15, 0.2) is 17.5 Å². The Kier molecular flexibility index (Phi) is 6.18. The Labute approximate surface area is 297 Å². The fourth-order valence-corrected chi connectivity index (χ4v) is 7.75. The molecule has 0 spiro atoms. The van der Waals surface area contributed by atoms with E-state index in [1.54, 1.807) is 0 Å². The molecule has 0 N–H and O–H groups in total. The smallest absolute Gasteiger partial charge is 0.164 e. The Balaban J connectivity index is 1.11. The summed E-state index contributed by atoms with van der Waals surface area (Å²) >= 11 is 0. The molecule has 0 fully saturated rings. The Morgan fingerprint density at radius 1 is 0.288 bits per heavy atom. The largest absolute Gasteiger partial charge is 0.456 e. The highest BCUT2D eigenvalue weighted by Crippen LogP contribution is 2.41. The minimum Gasteiger partial charge on any atom is -0.456 e. The van der Waals surface area contributed by atoms with E-state index in [9.17, 15) is 0 Å². The molecule has 0 saturated carbocycles. The minimum atomic E-state index is 0.593. The van der Waals surface area contributed by atoms with E-state index >= 15 is 0 Å². The molecule has 11 aromatic rings. The van der Waals surface area contributed by atoms with Gasteiger partial charge in [0, 0.05) is 38.2 Å². The fraction of sp³-hybridized carbons (Fsp3) is 0. The number of rotatable bonds is 4. The molecule has 0 aliphatic carbocycles. The van der Waals surface area contributed by atoms with Crippen molar-refractivity contribution < 1.29 is 8.83 Å². The maximum Gasteiger partial charge on any atom is 0.164 e. The number of para-hydroxylation sites is 1. The average Bonchev–Trinajstić information content (AvgIpc) is 3.80. The van der Waals surface area contributed by atoms with Crippen molar-refractivity contribution in [3.8, 4) is 45.3 Å². The summed E-state index contributed by atoms with van der Waals surface area (Å²) in [4.78, 5) is 15.5. The molecule has 11 rings (SSSR count). The van der Waals surface area contributed by atoms with Crippen molar-refractivity contribution >= 4 is 65.4 Å². The van der Waals surface area contributed by atoms with Crippen LogP contribution in [0.3, 0.4) is 0 Å². The van der Waals surface area contributed by atoms with Crippen LogP contribution in [-0.4, -0.2) is 15.0 Å². The van der Waals surface area contributed by atoms with Crippen molar-refractivity contribution in [2.24, 2.45) is 0 Å². The van der Waals surface area contributed by atoms with Gasteiger partial charge in [-0.25, -0.2) is 15.0 Å². The lowest BCUT2D eigenvalue weighted by atomic mass is 9.96. The van der Waals surface area contributed by atoms with Gasteiger partial charge in [0.1, 0.15) is 22.3 Å². The van der Waals surface area contributed by atoms with Gasteiger partial charge < -0.3 is 8.83 Å². The SMILES string of the molecule is c1ccc2c(-c3nc(-c4ccc(-c5cccc6oc7ccc8ccccc8c7c56)cc4)nc(-c4cccc5oc6ccccc6c45)n3)cccc2c1. The summed E-state index contributed by atoms with van der Waals surface area (Å²) < 4.78 is 12.6. The fourth-order valence-electron chi connectivity index (χ4n) is 7.75. The van der Waals surface area contributed by atoms with Gasteiger partial charge in [-0.2, -0.15) is 0 Å². The zero-order valence-electron chi connectivity index (χ0n) is 27.7. The van der Waals surface area contributed by atoms with Crippen LogP contribution in [0.25, 0.3) is 111 Å². The van der Waals surface area contributed by atoms with Crippen LogP contribution in [0.1, 0.15) is 0 Å². The third kappa shape index (κ3) is 4.39. The standard InChI is InChI=1S/C47H27N3O2/c1-3-13-32-28(10-1)12-7-17-35(32)46-48-45(49-47(50-46)37-18-9-20-39-42(37)36-15-5-6-19-38(36)51-39)31-24-22-30(23-25-31)34-16-8-21-40-43(34)44-33-14-4-2-11-29(33)26-27-41(44)52-40/h1-27H. The Morgan fingerprint density at radius 2 is 0.808 bits per heavy atom. The first kappa shape index (κ1) is 28.7. The van der Waals surface area contributed by atoms with Gasteiger partial charge >= 0.3 is 0 Å². The highest BCUT2D eigenvalue weighted by atomic mass is 16.3. The molecule has 0 radical (unpaired) electrons. The number of hydrogen-bond donors (Lipinski definition) is 0. The quantitative estimate of drug-likeness (QED) is 0.187. The van der Waals surface area contributed by atoms with Gasteiger partial charge in [0.05, 0.1) is 0 Å². The van der Waals surface area contributed by atoms with E-state index in [1.165, 1.54) is 10.8 Å². The van der Waals surface area contributed by atoms with Gasteiger partial charge in [0.2, 0.25) is 0 Å². The Morgan fingerprint density at radius 3 is 1.63 bits per heavy atom. The molecule has 8 aromatic carbocycles. The number of aromatic nitrogens is 3. The molecule has 0 atom stereocenters. The molecule has 0 aliphatic heterocycles. The highest BCUT2D eigenvalue weighted by Gasteiger charge is 2.19. The van der Waals surface area contributed by atoms with E-state index in [4.69, 9.17) is 23.8 Å². The van der Waals surface area contributed by atoms with Crippen LogP contribution in [-0.2, 0) is 0 Å². The number of nitrogens with zero attached hydrogens (tertiary/aromatic N) is 3. The van der Waals surface area contributed by atoms with Crippen LogP contribution < -0.4 is 0 Å². The monoisotopic (exact) mass is 665 g/mol. The van der Waals surface area contributed by atoms with Crippen molar-refractivity contribution in [2.75, 3.05) is 0 Å². The third-order valence-corrected chi connectivity index (χ3v) is 10.2. The van der Waals surface area contributed by atoms with Crippen LogP contribution in [0, 0.1) is 0 Å². The second-order valence-electron chi connectivity index (χ2n) is 13.1. The summed E-state index contributed by atoms with van der Waals surface area (Å²) in [6, 6.07) is 56.3. The van der Waals surface area contributed by atoms with E-state index in [0.717, 1.165) is 82.5 Å². The normalized spacial score (nSPS) is 11.8. The van der Waals surface area contributed by atoms with Gasteiger partial charge in [-0.1, -0.05) is 140 Å². The molecule has 5 nitrogen and oxygen atoms in total. The van der Waals surface area contributed by atoms with Crippen LogP contribution in [0.15, 0.2) is 173 Å². The van der Waals surface area contributed by atoms with E-state index in [2.05, 4.69) is 127 Å². The predicted octanol–water partition coefficient (Wildman–Crippen LogP) is 12.6. The maximum absolute atomic E-state index is 6.37. The summed E-state index contributed by atoms with van der Waals surface area (Å²) in [5, 5.41) is 8.85. The van der Waals surface area contributed by atoms with Crippen molar-refractivity contribution in [3.05, 3.63) is 164 Å². The van der Waals surface area contributed by atoms with Crippen molar-refractivity contribution in [1.29, 1.82) is 0 Å². The molecule has 0 aliphatic rings. The van der Waals surface area contributed by atoms with E-state index in [1.807, 2.05) is 36.4 Å². The Bertz CT molecular complexity index is 3190. The first-order valence-corrected chi connectivity index (χ1v) is 17.4. The third-order valence-electron chi connectivity index (χ3n) is 10.2. The molecule has 0 bridgehead atoms. The minimum absolute atomic E-state index is 0.593. The highest BCUT2D eigenvalue weighted by molar-refractivity contribution is 6.22. The zero-order chi connectivity index (χ0) is 34.2. The summed E-state index contributed by atoms with van der Waals surface area (Å²) in [6.45, 7) is 0. The van der Waals surface area contributed by atoms with Crippen molar-refractivity contribution in [2.45, 2.75) is 0 Å². The van der Waals surface area contributed by atoms with Gasteiger partial charge in [-0.3, -0.25) is 0 Å². The molecule has 52 heavy (non-hydrogen) atoms. The molecular formula is C47H27N3O2. The molecule has 242 valence electrons. The molecule has 0 amide bonds. The maximum atomic E-state index is 6.37. The van der Waals surface area contributed by atoms with E-state index in [-0.39, 0.29) is 0 Å². The summed E-state index contributed by atoms with van der Waals surface area (Å²) in [6.07, 6.45) is 0. The molecule has 3 aromatic heterocycles. The lowest BCUT2D eigenvalue weighted by molar-refractivity contribution is 0.668. The zero-order valence-corrected chi connectivity index (χ0v) is 27.7. The number of furan rings is 2. The molecule has 0 saturated heterocycles. The molecule has 3 heterocycles. The summed E-state index contributed by atoms with van der Waals surface area (Å²) in [7, 11) is 0. The lowest BCUT2D eigenvalue weighted by Gasteiger charge is -2.11. The first-order chi connectivity index (χ1) is 25.8. The summed E-state index contributed by atoms with van der Waals surface area (Å²) in [5.74, 6) is 1.81. The molecule has 5 heteroatoms. The second kappa shape index (κ2) is 11.2. The topological polar surface area (TPSA) is 65.0 Å². The average molecular weight is 666 g/mol. The number of benzene rings is 8. The van der Waals surface area contributed by atoms with Crippen molar-refractivity contribution in [1.82, 2.24) is 15.0 Å². The van der Waals surface area contributed by atoms with Crippen molar-refractivity contribution in [3.63, 3.8) is 0 Å². The number of fused-ring (bicyclic) bond motifs is 9. The van der Waals surface area contributed by atoms with E-state index in [0.29, 0.717) is 17.5 Å². The van der Waals surface area contributed by atoms with Crippen LogP contribution in [0.5, 0.6) is 0 Å². The predicted molar refractivity (Wildman–Crippen MR) is 211 cm³/mol. The van der Waals surface area contributed by atoms with Gasteiger partial charge in [-0.15, -0.1) is 0 Å². The summed E-state index contributed by atoms with van der Waals surface area (Å²) in [5.41, 5.74) is 8.33. The van der Waals surface area contributed by atoms with Crippen LogP contribution in [0.2, 0.25) is 0 Å². The van der Waals surface area contributed by atoms with Gasteiger partial charge in [0.25, 0.3) is 0 Å². The first-order valence-electron chi connectivity index (χ1n) is 17.4. The molecular weight excluding hydrogens is 639 g/mol. The van der Waals surface area contributed by atoms with E-state index < -0.39 is 0 Å². The van der Waals surface area contributed by atoms with Gasteiger partial charge in [-0.05, 0) is 56.9 Å². The lowest BCUT2D eigenvalue weighted by Crippen LogP contribution is -2.01. The number of hydrogen-bond acceptors (Lipinski definition) is 5. The second-order valence-corrected chi connectivity index (χ2v) is 13.1. The van der Waals surface area contributed by atoms with Crippen LogP contribution in [0.4, 0.5) is 0 Å². The molecule has 0 unspecified atom stereocenters. The Hall–Kier alpha value is -7.11.